The molecule has 1 rings (SSSR count). The number of thioether (sulfide) groups is 1. The molecule has 11 heavy (non-hydrogen) atoms. The molecule has 5 heteroatoms. The molecule has 0 aliphatic rings. The summed E-state index contributed by atoms with van der Waals surface area (Å²) in [5, 5.41) is 8.53. The van der Waals surface area contributed by atoms with Gasteiger partial charge in [0.25, 0.3) is 0 Å². The van der Waals surface area contributed by atoms with E-state index in [1.165, 1.54) is 11.5 Å². The molecule has 1 N–H and O–H groups in total. The van der Waals surface area contributed by atoms with E-state index in [-0.39, 0.29) is 6.61 Å². The summed E-state index contributed by atoms with van der Waals surface area (Å²) in [7, 11) is 0. The van der Waals surface area contributed by atoms with Gasteiger partial charge in [-0.25, -0.2) is 4.98 Å². The summed E-state index contributed by atoms with van der Waals surface area (Å²) in [4.78, 5) is 4.23. The third-order valence-corrected chi connectivity index (χ3v) is 2.93. The molecule has 1 heterocycles. The minimum Gasteiger partial charge on any atom is -0.396 e. The highest BCUT2D eigenvalue weighted by molar-refractivity contribution is 8.00. The molecule has 1 aromatic rings. The van der Waals surface area contributed by atoms with E-state index >= 15 is 0 Å². The van der Waals surface area contributed by atoms with Gasteiger partial charge < -0.3 is 5.11 Å². The lowest BCUT2D eigenvalue weighted by molar-refractivity contribution is 0.322. The van der Waals surface area contributed by atoms with Gasteiger partial charge in [-0.2, -0.15) is 4.37 Å². The molecule has 3 nitrogen and oxygen atoms in total. The average molecular weight is 190 g/mol. The van der Waals surface area contributed by atoms with Gasteiger partial charge in [-0.15, -0.1) is 0 Å². The van der Waals surface area contributed by atoms with Crippen LogP contribution >= 0.6 is 23.3 Å². The predicted octanol–water partition coefficient (Wildman–Crippen LogP) is 1.18. The number of aliphatic hydroxyl groups excluding tert-OH is 1. The predicted molar refractivity (Wildman–Crippen MR) is 47.1 cm³/mol. The summed E-state index contributed by atoms with van der Waals surface area (Å²) in [6.07, 6.45) is 0.885. The van der Waals surface area contributed by atoms with Gasteiger partial charge in [0.2, 0.25) is 0 Å². The van der Waals surface area contributed by atoms with Crippen molar-refractivity contribution in [3.05, 3.63) is 5.82 Å². The lowest BCUT2D eigenvalue weighted by atomic mass is 10.5. The van der Waals surface area contributed by atoms with Crippen molar-refractivity contribution in [2.45, 2.75) is 17.7 Å². The van der Waals surface area contributed by atoms with Crippen LogP contribution in [-0.2, 0) is 6.42 Å². The summed E-state index contributed by atoms with van der Waals surface area (Å²) in [5.74, 6) is 1.61. The SMILES string of the molecule is CCc1nsc(SCCO)n1. The monoisotopic (exact) mass is 190 g/mol. The van der Waals surface area contributed by atoms with Crippen LogP contribution in [-0.4, -0.2) is 26.8 Å². The Bertz CT molecular complexity index is 214. The fourth-order valence-electron chi connectivity index (χ4n) is 0.573. The third-order valence-electron chi connectivity index (χ3n) is 1.08. The van der Waals surface area contributed by atoms with Crippen LogP contribution in [0, 0.1) is 0 Å². The largest absolute Gasteiger partial charge is 0.396 e. The van der Waals surface area contributed by atoms with E-state index in [4.69, 9.17) is 5.11 Å². The average Bonchev–Trinajstić information content (AvgIpc) is 2.48. The Labute approximate surface area is 74.0 Å². The van der Waals surface area contributed by atoms with Crippen molar-refractivity contribution < 1.29 is 5.11 Å². The van der Waals surface area contributed by atoms with Gasteiger partial charge in [0.05, 0.1) is 6.61 Å². The number of hydrogen-bond acceptors (Lipinski definition) is 5. The van der Waals surface area contributed by atoms with Crippen LogP contribution in [0.4, 0.5) is 0 Å². The first kappa shape index (κ1) is 8.96. The Morgan fingerprint density at radius 2 is 2.45 bits per heavy atom. The zero-order valence-electron chi connectivity index (χ0n) is 6.28. The van der Waals surface area contributed by atoms with Gasteiger partial charge in [-0.1, -0.05) is 18.7 Å². The maximum Gasteiger partial charge on any atom is 0.170 e. The van der Waals surface area contributed by atoms with E-state index in [2.05, 4.69) is 9.36 Å². The van der Waals surface area contributed by atoms with E-state index in [1.807, 2.05) is 6.92 Å². The number of nitrogens with zero attached hydrogens (tertiary/aromatic N) is 2. The first-order valence-electron chi connectivity index (χ1n) is 3.43. The summed E-state index contributed by atoms with van der Waals surface area (Å²) in [6.45, 7) is 2.23. The van der Waals surface area contributed by atoms with E-state index < -0.39 is 0 Å². The summed E-state index contributed by atoms with van der Waals surface area (Å²) in [6, 6.07) is 0. The Kier molecular flexibility index (Phi) is 3.82. The topological polar surface area (TPSA) is 46.0 Å². The quantitative estimate of drug-likeness (QED) is 0.724. The van der Waals surface area contributed by atoms with Gasteiger partial charge in [0, 0.05) is 12.2 Å². The van der Waals surface area contributed by atoms with Crippen molar-refractivity contribution in [2.75, 3.05) is 12.4 Å². The minimum atomic E-state index is 0.200. The van der Waals surface area contributed by atoms with Crippen molar-refractivity contribution in [1.82, 2.24) is 9.36 Å². The Morgan fingerprint density at radius 3 is 3.00 bits per heavy atom. The second kappa shape index (κ2) is 4.69. The smallest absolute Gasteiger partial charge is 0.170 e. The lowest BCUT2D eigenvalue weighted by Gasteiger charge is -1.88. The normalized spacial score (nSPS) is 10.4. The molecule has 0 saturated heterocycles. The van der Waals surface area contributed by atoms with Crippen LogP contribution in [0.15, 0.2) is 4.34 Å². The van der Waals surface area contributed by atoms with Crippen LogP contribution in [0.25, 0.3) is 0 Å². The van der Waals surface area contributed by atoms with Gasteiger partial charge in [-0.05, 0) is 11.5 Å². The van der Waals surface area contributed by atoms with E-state index in [0.29, 0.717) is 5.75 Å². The molecule has 0 spiro atoms. The molecule has 0 saturated carbocycles. The van der Waals surface area contributed by atoms with Crippen LogP contribution in [0.5, 0.6) is 0 Å². The van der Waals surface area contributed by atoms with Gasteiger partial charge >= 0.3 is 0 Å². The van der Waals surface area contributed by atoms with Crippen molar-refractivity contribution in [3.8, 4) is 0 Å². The van der Waals surface area contributed by atoms with Crippen molar-refractivity contribution in [3.63, 3.8) is 0 Å². The molecule has 0 bridgehead atoms. The number of aryl methyl sites for hydroxylation is 1. The number of aromatic nitrogens is 2. The third kappa shape index (κ3) is 2.76. The molecule has 62 valence electrons. The standard InChI is InChI=1S/C6H10N2OS2/c1-2-5-7-6(11-8-5)10-4-3-9/h9H,2-4H2,1H3. The van der Waals surface area contributed by atoms with Crippen LogP contribution in [0.2, 0.25) is 0 Å². The minimum absolute atomic E-state index is 0.200. The highest BCUT2D eigenvalue weighted by Gasteiger charge is 2.00. The molecule has 0 aliphatic carbocycles. The molecular formula is C6H10N2OS2. The Balaban J connectivity index is 2.44. The van der Waals surface area contributed by atoms with E-state index in [0.717, 1.165) is 16.6 Å². The second-order valence-corrected chi connectivity index (χ2v) is 4.00. The number of aliphatic hydroxyl groups is 1. The summed E-state index contributed by atoms with van der Waals surface area (Å²) >= 11 is 2.96. The fraction of sp³-hybridized carbons (Fsp3) is 0.667. The molecular weight excluding hydrogens is 180 g/mol. The molecule has 0 fully saturated rings. The fourth-order valence-corrected chi connectivity index (χ4v) is 2.08. The van der Waals surface area contributed by atoms with Crippen molar-refractivity contribution in [1.29, 1.82) is 0 Å². The highest BCUT2D eigenvalue weighted by Crippen LogP contribution is 2.19. The zero-order chi connectivity index (χ0) is 8.10. The Morgan fingerprint density at radius 1 is 1.64 bits per heavy atom. The zero-order valence-corrected chi connectivity index (χ0v) is 7.91. The lowest BCUT2D eigenvalue weighted by Crippen LogP contribution is -1.85. The van der Waals surface area contributed by atoms with Crippen molar-refractivity contribution >= 4 is 23.3 Å². The molecule has 0 unspecified atom stereocenters. The molecule has 0 radical (unpaired) electrons. The maximum absolute atomic E-state index is 8.53. The molecule has 1 aromatic heterocycles. The first-order valence-corrected chi connectivity index (χ1v) is 5.19. The van der Waals surface area contributed by atoms with Crippen LogP contribution < -0.4 is 0 Å². The second-order valence-electron chi connectivity index (χ2n) is 1.90. The number of hydrogen-bond donors (Lipinski definition) is 1. The summed E-state index contributed by atoms with van der Waals surface area (Å²) in [5.41, 5.74) is 0. The Hall–Kier alpha value is -0.130. The molecule has 0 aliphatic heterocycles. The van der Waals surface area contributed by atoms with Gasteiger partial charge in [0.1, 0.15) is 5.82 Å². The molecule has 0 aromatic carbocycles. The van der Waals surface area contributed by atoms with Gasteiger partial charge in [-0.3, -0.25) is 0 Å². The molecule has 0 atom stereocenters. The summed E-state index contributed by atoms with van der Waals surface area (Å²) < 4.78 is 5.07. The molecule has 0 amide bonds. The van der Waals surface area contributed by atoms with Gasteiger partial charge in [0.15, 0.2) is 4.34 Å². The van der Waals surface area contributed by atoms with E-state index in [9.17, 15) is 0 Å². The number of rotatable bonds is 4. The van der Waals surface area contributed by atoms with Crippen LogP contribution in [0.1, 0.15) is 12.7 Å². The maximum atomic E-state index is 8.53. The highest BCUT2D eigenvalue weighted by atomic mass is 32.2. The van der Waals surface area contributed by atoms with E-state index in [1.54, 1.807) is 11.8 Å². The van der Waals surface area contributed by atoms with Crippen molar-refractivity contribution in [2.24, 2.45) is 0 Å². The first-order chi connectivity index (χ1) is 5.36. The van der Waals surface area contributed by atoms with Crippen LogP contribution in [0.3, 0.4) is 0 Å².